The lowest BCUT2D eigenvalue weighted by atomic mass is 9.85. The molecule has 0 saturated carbocycles. The molecule has 3 aromatic rings. The number of aliphatic hydroxyl groups is 1. The molecule has 0 aromatic heterocycles. The van der Waals surface area contributed by atoms with Gasteiger partial charge in [-0.1, -0.05) is 89.2 Å². The first-order chi connectivity index (χ1) is 19.1. The number of ketones is 1. The zero-order chi connectivity index (χ0) is 28.9. The molecule has 1 aliphatic heterocycles. The fraction of sp³-hybridized carbons (Fsp3) is 0.353. The van der Waals surface area contributed by atoms with Gasteiger partial charge < -0.3 is 19.6 Å². The largest absolute Gasteiger partial charge is 0.507 e. The van der Waals surface area contributed by atoms with Gasteiger partial charge in [0.2, 0.25) is 0 Å². The summed E-state index contributed by atoms with van der Waals surface area (Å²) in [7, 11) is 0. The molecule has 0 bridgehead atoms. The van der Waals surface area contributed by atoms with Crippen molar-refractivity contribution in [1.82, 2.24) is 9.80 Å². The highest BCUT2D eigenvalue weighted by atomic mass is 16.5. The van der Waals surface area contributed by atoms with Crippen molar-refractivity contribution in [2.24, 2.45) is 0 Å². The number of carbonyl (C=O) groups excluding carboxylic acids is 2. The lowest BCUT2D eigenvalue weighted by Crippen LogP contribution is -2.38. The number of hydrogen-bond donors (Lipinski definition) is 1. The number of aliphatic hydroxyl groups excluding tert-OH is 1. The van der Waals surface area contributed by atoms with Gasteiger partial charge in [0.05, 0.1) is 11.6 Å². The Morgan fingerprint density at radius 3 is 2.10 bits per heavy atom. The summed E-state index contributed by atoms with van der Waals surface area (Å²) >= 11 is 0. The van der Waals surface area contributed by atoms with Gasteiger partial charge in [0, 0.05) is 18.7 Å². The van der Waals surface area contributed by atoms with E-state index in [-0.39, 0.29) is 16.7 Å². The molecule has 6 nitrogen and oxygen atoms in total. The highest BCUT2D eigenvalue weighted by Gasteiger charge is 2.46. The normalized spacial score (nSPS) is 17.1. The van der Waals surface area contributed by atoms with Crippen LogP contribution in [0.25, 0.3) is 5.76 Å². The fourth-order valence-corrected chi connectivity index (χ4v) is 5.02. The molecule has 1 heterocycles. The summed E-state index contributed by atoms with van der Waals surface area (Å²) in [5, 5.41) is 11.4. The first-order valence-electron chi connectivity index (χ1n) is 14.0. The second-order valence-corrected chi connectivity index (χ2v) is 11.2. The molecule has 1 N–H and O–H groups in total. The van der Waals surface area contributed by atoms with E-state index >= 15 is 0 Å². The predicted octanol–water partition coefficient (Wildman–Crippen LogP) is 6.33. The molecule has 1 fully saturated rings. The number of nitrogens with zero attached hydrogens (tertiary/aromatic N) is 2. The number of rotatable bonds is 10. The Morgan fingerprint density at radius 1 is 0.900 bits per heavy atom. The Balaban J connectivity index is 1.67. The molecular weight excluding hydrogens is 500 g/mol. The van der Waals surface area contributed by atoms with Crippen LogP contribution in [0.1, 0.15) is 62.9 Å². The number of benzene rings is 3. The van der Waals surface area contributed by atoms with Crippen molar-refractivity contribution >= 4 is 17.4 Å². The number of carbonyl (C=O) groups is 2. The van der Waals surface area contributed by atoms with Crippen LogP contribution in [0.5, 0.6) is 5.75 Å². The van der Waals surface area contributed by atoms with E-state index in [2.05, 4.69) is 39.5 Å². The summed E-state index contributed by atoms with van der Waals surface area (Å²) in [6, 6.07) is 24.2. The molecule has 1 aliphatic rings. The van der Waals surface area contributed by atoms with Crippen molar-refractivity contribution in [1.29, 1.82) is 0 Å². The molecule has 1 saturated heterocycles. The molecule has 4 rings (SSSR count). The Bertz CT molecular complexity index is 1340. The third kappa shape index (κ3) is 6.45. The van der Waals surface area contributed by atoms with Crippen LogP contribution in [-0.4, -0.2) is 52.8 Å². The van der Waals surface area contributed by atoms with Crippen molar-refractivity contribution in [3.8, 4) is 5.75 Å². The quantitative estimate of drug-likeness (QED) is 0.185. The monoisotopic (exact) mass is 540 g/mol. The summed E-state index contributed by atoms with van der Waals surface area (Å²) in [6.45, 7) is 13.7. The summed E-state index contributed by atoms with van der Waals surface area (Å²) in [4.78, 5) is 30.5. The number of amides is 1. The topological polar surface area (TPSA) is 70.1 Å². The molecular formula is C34H40N2O4. The maximum absolute atomic E-state index is 13.4. The molecule has 1 amide bonds. The number of hydrogen-bond acceptors (Lipinski definition) is 5. The average molecular weight is 541 g/mol. The second kappa shape index (κ2) is 12.5. The van der Waals surface area contributed by atoms with Crippen LogP contribution in [0.15, 0.2) is 84.4 Å². The molecule has 1 unspecified atom stereocenters. The van der Waals surface area contributed by atoms with E-state index in [4.69, 9.17) is 4.74 Å². The van der Waals surface area contributed by atoms with Gasteiger partial charge in [0.25, 0.3) is 11.7 Å². The Morgan fingerprint density at radius 2 is 1.52 bits per heavy atom. The Kier molecular flexibility index (Phi) is 9.10. The summed E-state index contributed by atoms with van der Waals surface area (Å²) in [6.07, 6.45) is 0. The maximum atomic E-state index is 13.4. The van der Waals surface area contributed by atoms with Gasteiger partial charge in [-0.05, 0) is 59.5 Å². The van der Waals surface area contributed by atoms with E-state index in [0.29, 0.717) is 31.0 Å². The molecule has 210 valence electrons. The van der Waals surface area contributed by atoms with Crippen molar-refractivity contribution in [2.75, 3.05) is 26.2 Å². The van der Waals surface area contributed by atoms with Gasteiger partial charge in [0.15, 0.2) is 0 Å². The molecule has 0 aliphatic carbocycles. The smallest absolute Gasteiger partial charge is 0.295 e. The zero-order valence-electron chi connectivity index (χ0n) is 24.2. The minimum Gasteiger partial charge on any atom is -0.507 e. The maximum Gasteiger partial charge on any atom is 0.295 e. The lowest BCUT2D eigenvalue weighted by Gasteiger charge is -2.28. The molecule has 3 aromatic carbocycles. The molecule has 1 atom stereocenters. The van der Waals surface area contributed by atoms with Gasteiger partial charge in [-0.25, -0.2) is 0 Å². The van der Waals surface area contributed by atoms with Gasteiger partial charge in [-0.15, -0.1) is 0 Å². The molecule has 0 radical (unpaired) electrons. The van der Waals surface area contributed by atoms with Crippen molar-refractivity contribution < 1.29 is 19.4 Å². The summed E-state index contributed by atoms with van der Waals surface area (Å²) < 4.78 is 5.88. The van der Waals surface area contributed by atoms with E-state index in [1.54, 1.807) is 29.2 Å². The van der Waals surface area contributed by atoms with Gasteiger partial charge in [0.1, 0.15) is 18.1 Å². The van der Waals surface area contributed by atoms with Crippen molar-refractivity contribution in [2.45, 2.75) is 52.7 Å². The molecule has 6 heteroatoms. The molecule has 0 spiro atoms. The van der Waals surface area contributed by atoms with Crippen LogP contribution < -0.4 is 4.74 Å². The Labute approximate surface area is 237 Å². The van der Waals surface area contributed by atoms with E-state index in [9.17, 15) is 14.7 Å². The standard InChI is InChI=1S/C34H40N2O4/c1-6-35(7-2)21-22-36-30(25-13-17-27(18-14-25)34(3,4)5)29(32(38)33(36)39)31(37)26-15-19-28(20-16-26)40-23-24-11-9-8-10-12-24/h8-20,30,37H,6-7,21-23H2,1-5H3/b31-29+. The average Bonchev–Trinajstić information content (AvgIpc) is 3.21. The molecule has 40 heavy (non-hydrogen) atoms. The number of ether oxygens (including phenoxy) is 1. The zero-order valence-corrected chi connectivity index (χ0v) is 24.2. The van der Waals surface area contributed by atoms with Crippen LogP contribution in [0.2, 0.25) is 0 Å². The second-order valence-electron chi connectivity index (χ2n) is 11.2. The summed E-state index contributed by atoms with van der Waals surface area (Å²) in [5.41, 5.74) is 3.55. The van der Waals surface area contributed by atoms with Gasteiger partial charge in [-0.2, -0.15) is 0 Å². The third-order valence-electron chi connectivity index (χ3n) is 7.56. The van der Waals surface area contributed by atoms with Crippen LogP contribution in [0, 0.1) is 0 Å². The van der Waals surface area contributed by atoms with E-state index < -0.39 is 17.7 Å². The number of likely N-dealkylation sites (N-methyl/N-ethyl adjacent to an activating group) is 1. The minimum absolute atomic E-state index is 0.0343. The number of likely N-dealkylation sites (tertiary alicyclic amines) is 1. The van der Waals surface area contributed by atoms with Crippen LogP contribution in [-0.2, 0) is 21.6 Å². The summed E-state index contributed by atoms with van der Waals surface area (Å²) in [5.74, 6) is -0.773. The first-order valence-corrected chi connectivity index (χ1v) is 14.0. The van der Waals surface area contributed by atoms with Crippen LogP contribution >= 0.6 is 0 Å². The third-order valence-corrected chi connectivity index (χ3v) is 7.56. The van der Waals surface area contributed by atoms with E-state index in [1.165, 1.54) is 0 Å². The SMILES string of the molecule is CCN(CC)CCN1C(=O)C(=O)/C(=C(/O)c2ccc(OCc3ccccc3)cc2)C1c1ccc(C(C)(C)C)cc1. The van der Waals surface area contributed by atoms with Gasteiger partial charge >= 0.3 is 0 Å². The lowest BCUT2D eigenvalue weighted by molar-refractivity contribution is -0.140. The van der Waals surface area contributed by atoms with Crippen molar-refractivity contribution in [3.05, 3.63) is 107 Å². The van der Waals surface area contributed by atoms with Crippen LogP contribution in [0.3, 0.4) is 0 Å². The highest BCUT2D eigenvalue weighted by Crippen LogP contribution is 2.40. The van der Waals surface area contributed by atoms with E-state index in [1.807, 2.05) is 54.6 Å². The van der Waals surface area contributed by atoms with Crippen molar-refractivity contribution in [3.63, 3.8) is 0 Å². The first kappa shape index (κ1) is 29.1. The predicted molar refractivity (Wildman–Crippen MR) is 159 cm³/mol. The fourth-order valence-electron chi connectivity index (χ4n) is 5.02. The highest BCUT2D eigenvalue weighted by molar-refractivity contribution is 6.46. The number of Topliss-reactive ketones (excluding diaryl/α,β-unsaturated/α-hetero) is 1. The minimum atomic E-state index is -0.668. The van der Waals surface area contributed by atoms with Crippen LogP contribution in [0.4, 0.5) is 0 Å². The van der Waals surface area contributed by atoms with Gasteiger partial charge in [-0.3, -0.25) is 9.59 Å². The Hall–Kier alpha value is -3.90. The van der Waals surface area contributed by atoms with E-state index in [0.717, 1.165) is 29.8 Å².